The van der Waals surface area contributed by atoms with Crippen molar-refractivity contribution in [2.45, 2.75) is 23.8 Å². The summed E-state index contributed by atoms with van der Waals surface area (Å²) in [5, 5.41) is 2.51. The minimum Gasteiger partial charge on any atom is -0.383 e. The molecule has 0 spiro atoms. The second-order valence-electron chi connectivity index (χ2n) is 3.74. The maximum atomic E-state index is 11.8. The SMILES string of the molecule is Nc1ncccc1S(=O)(=O)NC(=O)NC1CC1. The molecule has 1 saturated carbocycles. The van der Waals surface area contributed by atoms with E-state index in [0.717, 1.165) is 12.8 Å². The summed E-state index contributed by atoms with van der Waals surface area (Å²) in [5.41, 5.74) is 5.43. The van der Waals surface area contributed by atoms with Crippen LogP contribution in [-0.2, 0) is 10.0 Å². The number of rotatable bonds is 3. The summed E-state index contributed by atoms with van der Waals surface area (Å²) in [4.78, 5) is 14.8. The number of nitrogen functional groups attached to an aromatic ring is 1. The van der Waals surface area contributed by atoms with Crippen molar-refractivity contribution in [1.29, 1.82) is 0 Å². The average Bonchev–Trinajstić information content (AvgIpc) is 3.00. The topological polar surface area (TPSA) is 114 Å². The van der Waals surface area contributed by atoms with Gasteiger partial charge in [0, 0.05) is 12.2 Å². The monoisotopic (exact) mass is 256 g/mol. The van der Waals surface area contributed by atoms with Gasteiger partial charge in [-0.3, -0.25) is 0 Å². The molecule has 0 aromatic carbocycles. The smallest absolute Gasteiger partial charge is 0.328 e. The van der Waals surface area contributed by atoms with Gasteiger partial charge in [0.15, 0.2) is 0 Å². The molecule has 17 heavy (non-hydrogen) atoms. The van der Waals surface area contributed by atoms with E-state index < -0.39 is 16.1 Å². The molecule has 1 aliphatic carbocycles. The molecule has 1 aliphatic rings. The van der Waals surface area contributed by atoms with Crippen LogP contribution >= 0.6 is 0 Å². The predicted molar refractivity (Wildman–Crippen MR) is 60.5 cm³/mol. The Labute approximate surface area is 98.5 Å². The molecule has 2 rings (SSSR count). The van der Waals surface area contributed by atoms with Crippen LogP contribution in [0.4, 0.5) is 10.6 Å². The Bertz CT molecular complexity index is 539. The zero-order valence-corrected chi connectivity index (χ0v) is 9.70. The third-order valence-electron chi connectivity index (χ3n) is 2.23. The fraction of sp³-hybridized carbons (Fsp3) is 0.333. The van der Waals surface area contributed by atoms with Crippen molar-refractivity contribution in [2.75, 3.05) is 5.73 Å². The Morgan fingerprint density at radius 3 is 2.76 bits per heavy atom. The molecular weight excluding hydrogens is 244 g/mol. The number of sulfonamides is 1. The van der Waals surface area contributed by atoms with Crippen LogP contribution in [0.2, 0.25) is 0 Å². The fourth-order valence-corrected chi connectivity index (χ4v) is 2.25. The van der Waals surface area contributed by atoms with Gasteiger partial charge < -0.3 is 11.1 Å². The Balaban J connectivity index is 2.13. The lowest BCUT2D eigenvalue weighted by Crippen LogP contribution is -2.40. The van der Waals surface area contributed by atoms with Crippen LogP contribution in [0.5, 0.6) is 0 Å². The zero-order valence-electron chi connectivity index (χ0n) is 8.88. The lowest BCUT2D eigenvalue weighted by atomic mass is 10.5. The van der Waals surface area contributed by atoms with Crippen molar-refractivity contribution in [3.63, 3.8) is 0 Å². The first-order chi connectivity index (χ1) is 7.99. The third-order valence-corrected chi connectivity index (χ3v) is 3.61. The first-order valence-corrected chi connectivity index (χ1v) is 6.51. The van der Waals surface area contributed by atoms with Gasteiger partial charge in [-0.2, -0.15) is 0 Å². The number of hydrogen-bond donors (Lipinski definition) is 3. The van der Waals surface area contributed by atoms with E-state index in [4.69, 9.17) is 5.73 Å². The molecular formula is C9H12N4O3S. The fourth-order valence-electron chi connectivity index (χ4n) is 1.25. The number of amides is 2. The van der Waals surface area contributed by atoms with Crippen molar-refractivity contribution in [3.8, 4) is 0 Å². The summed E-state index contributed by atoms with van der Waals surface area (Å²) in [6.45, 7) is 0. The van der Waals surface area contributed by atoms with Crippen molar-refractivity contribution < 1.29 is 13.2 Å². The molecule has 0 aliphatic heterocycles. The maximum absolute atomic E-state index is 11.8. The second-order valence-corrected chi connectivity index (χ2v) is 5.39. The number of carbonyl (C=O) groups is 1. The molecule has 1 fully saturated rings. The number of urea groups is 1. The third kappa shape index (κ3) is 2.84. The van der Waals surface area contributed by atoms with E-state index >= 15 is 0 Å². The molecule has 0 atom stereocenters. The number of hydrogen-bond acceptors (Lipinski definition) is 5. The number of nitrogens with two attached hydrogens (primary N) is 1. The van der Waals surface area contributed by atoms with Crippen LogP contribution in [0, 0.1) is 0 Å². The Kier molecular flexibility index (Phi) is 2.88. The number of anilines is 1. The highest BCUT2D eigenvalue weighted by Gasteiger charge is 2.26. The molecule has 0 bridgehead atoms. The quantitative estimate of drug-likeness (QED) is 0.693. The van der Waals surface area contributed by atoms with Gasteiger partial charge in [0.1, 0.15) is 10.7 Å². The van der Waals surface area contributed by atoms with Crippen LogP contribution in [0.3, 0.4) is 0 Å². The molecule has 1 aromatic rings. The summed E-state index contributed by atoms with van der Waals surface area (Å²) >= 11 is 0. The van der Waals surface area contributed by atoms with Gasteiger partial charge in [-0.1, -0.05) is 0 Å². The van der Waals surface area contributed by atoms with Gasteiger partial charge in [-0.15, -0.1) is 0 Å². The first kappa shape index (κ1) is 11.6. The molecule has 0 radical (unpaired) electrons. The highest BCUT2D eigenvalue weighted by Crippen LogP contribution is 2.19. The minimum absolute atomic E-state index is 0.0800. The Morgan fingerprint density at radius 2 is 2.18 bits per heavy atom. The molecule has 0 saturated heterocycles. The van der Waals surface area contributed by atoms with E-state index in [1.807, 2.05) is 4.72 Å². The van der Waals surface area contributed by atoms with E-state index in [9.17, 15) is 13.2 Å². The number of nitrogens with zero attached hydrogens (tertiary/aromatic N) is 1. The van der Waals surface area contributed by atoms with Gasteiger partial charge in [-0.05, 0) is 25.0 Å². The molecule has 0 unspecified atom stereocenters. The van der Waals surface area contributed by atoms with E-state index in [1.54, 1.807) is 0 Å². The number of carbonyl (C=O) groups excluding carboxylic acids is 1. The average molecular weight is 256 g/mol. The van der Waals surface area contributed by atoms with Crippen molar-refractivity contribution in [1.82, 2.24) is 15.0 Å². The van der Waals surface area contributed by atoms with Gasteiger partial charge in [0.25, 0.3) is 10.0 Å². The maximum Gasteiger partial charge on any atom is 0.328 e. The van der Waals surface area contributed by atoms with Crippen molar-refractivity contribution >= 4 is 21.9 Å². The zero-order chi connectivity index (χ0) is 12.5. The van der Waals surface area contributed by atoms with Crippen LogP contribution in [0.1, 0.15) is 12.8 Å². The van der Waals surface area contributed by atoms with Crippen LogP contribution in [0.15, 0.2) is 23.2 Å². The Hall–Kier alpha value is -1.83. The highest BCUT2D eigenvalue weighted by molar-refractivity contribution is 7.90. The summed E-state index contributed by atoms with van der Waals surface area (Å²) in [5.74, 6) is -0.140. The summed E-state index contributed by atoms with van der Waals surface area (Å²) in [6, 6.07) is 2.06. The number of aromatic nitrogens is 1. The molecule has 4 N–H and O–H groups in total. The van der Waals surface area contributed by atoms with Gasteiger partial charge in [0.05, 0.1) is 0 Å². The Morgan fingerprint density at radius 1 is 1.47 bits per heavy atom. The molecule has 2 amide bonds. The first-order valence-electron chi connectivity index (χ1n) is 5.03. The lowest BCUT2D eigenvalue weighted by Gasteiger charge is -2.08. The van der Waals surface area contributed by atoms with Crippen molar-refractivity contribution in [3.05, 3.63) is 18.3 Å². The van der Waals surface area contributed by atoms with Crippen LogP contribution < -0.4 is 15.8 Å². The molecule has 1 heterocycles. The van der Waals surface area contributed by atoms with Gasteiger partial charge >= 0.3 is 6.03 Å². The second kappa shape index (κ2) is 4.21. The highest BCUT2D eigenvalue weighted by atomic mass is 32.2. The van der Waals surface area contributed by atoms with Gasteiger partial charge in [-0.25, -0.2) is 22.9 Å². The molecule has 7 nitrogen and oxygen atoms in total. The number of nitrogens with one attached hydrogen (secondary N) is 2. The molecule has 1 aromatic heterocycles. The lowest BCUT2D eigenvalue weighted by molar-refractivity contribution is 0.245. The van der Waals surface area contributed by atoms with Crippen molar-refractivity contribution in [2.24, 2.45) is 0 Å². The van der Waals surface area contributed by atoms with Gasteiger partial charge in [0.2, 0.25) is 0 Å². The summed E-state index contributed by atoms with van der Waals surface area (Å²) in [7, 11) is -3.96. The van der Waals surface area contributed by atoms with E-state index in [0.29, 0.717) is 0 Å². The minimum atomic E-state index is -3.96. The molecule has 92 valence electrons. The van der Waals surface area contributed by atoms with Crippen LogP contribution in [-0.4, -0.2) is 25.5 Å². The standard InChI is InChI=1S/C9H12N4O3S/c10-8-7(2-1-5-11-8)17(15,16)13-9(14)12-6-3-4-6/h1-2,5-6H,3-4H2,(H2,10,11)(H2,12,13,14). The summed E-state index contributed by atoms with van der Waals surface area (Å²) in [6.07, 6.45) is 3.13. The normalized spacial score (nSPS) is 15.3. The molecule has 8 heteroatoms. The largest absolute Gasteiger partial charge is 0.383 e. The van der Waals surface area contributed by atoms with Crippen LogP contribution in [0.25, 0.3) is 0 Å². The summed E-state index contributed by atoms with van der Waals surface area (Å²) < 4.78 is 25.4. The van der Waals surface area contributed by atoms with E-state index in [2.05, 4.69) is 10.3 Å². The number of pyridine rings is 1. The predicted octanol–water partition coefficient (Wildman–Crippen LogP) is -0.186. The van der Waals surface area contributed by atoms with E-state index in [1.165, 1.54) is 18.3 Å². The van der Waals surface area contributed by atoms with E-state index in [-0.39, 0.29) is 16.8 Å².